The molecule has 1 heterocycles. The zero-order valence-electron chi connectivity index (χ0n) is 5.42. The van der Waals surface area contributed by atoms with Gasteiger partial charge in [0, 0.05) is 24.9 Å². The number of pyridine rings is 1. The zero-order chi connectivity index (χ0) is 7.40. The first kappa shape index (κ1) is 7.15. The van der Waals surface area contributed by atoms with Crippen LogP contribution < -0.4 is 0 Å². The number of nitrogens with zero attached hydrogens (tertiary/aromatic N) is 1. The van der Waals surface area contributed by atoms with Crippen LogP contribution in [0.3, 0.4) is 0 Å². The van der Waals surface area contributed by atoms with Gasteiger partial charge in [-0.2, -0.15) is 0 Å². The van der Waals surface area contributed by atoms with Crippen LogP contribution >= 0.6 is 0 Å². The van der Waals surface area contributed by atoms with Gasteiger partial charge in [0.25, 0.3) is 0 Å². The van der Waals surface area contributed by atoms with E-state index in [0.29, 0.717) is 12.1 Å². The quantitative estimate of drug-likeness (QED) is 0.659. The molecule has 1 N–H and O–H groups in total. The first-order chi connectivity index (χ1) is 4.83. The minimum Gasteiger partial charge on any atom is -0.396 e. The molecule has 0 spiro atoms. The molecule has 1 aromatic heterocycles. The lowest BCUT2D eigenvalue weighted by Crippen LogP contribution is -1.94. The Morgan fingerprint density at radius 3 is 3.00 bits per heavy atom. The third-order valence-corrected chi connectivity index (χ3v) is 1.15. The molecule has 2 nitrogen and oxygen atoms in total. The third-order valence-electron chi connectivity index (χ3n) is 1.15. The second kappa shape index (κ2) is 3.27. The number of aliphatic hydroxyl groups is 1. The maximum Gasteiger partial charge on any atom is 0.126 e. The van der Waals surface area contributed by atoms with E-state index < -0.39 is 0 Å². The van der Waals surface area contributed by atoms with E-state index in [-0.39, 0.29) is 12.4 Å². The Morgan fingerprint density at radius 2 is 2.40 bits per heavy atom. The molecule has 0 aromatic carbocycles. The van der Waals surface area contributed by atoms with Crippen molar-refractivity contribution < 1.29 is 9.50 Å². The summed E-state index contributed by atoms with van der Waals surface area (Å²) in [4.78, 5) is 3.83. The molecule has 0 saturated heterocycles. The molecule has 3 heteroatoms. The van der Waals surface area contributed by atoms with Crippen LogP contribution in [-0.2, 0) is 6.42 Å². The normalized spacial score (nSPS) is 9.80. The fourth-order valence-corrected chi connectivity index (χ4v) is 0.700. The summed E-state index contributed by atoms with van der Waals surface area (Å²) in [5, 5.41) is 8.45. The van der Waals surface area contributed by atoms with Crippen LogP contribution in [0.1, 0.15) is 5.69 Å². The molecule has 0 aliphatic carbocycles. The van der Waals surface area contributed by atoms with Crippen molar-refractivity contribution in [3.63, 3.8) is 0 Å². The smallest absolute Gasteiger partial charge is 0.126 e. The summed E-state index contributed by atoms with van der Waals surface area (Å²) >= 11 is 0. The van der Waals surface area contributed by atoms with Gasteiger partial charge in [-0.25, -0.2) is 4.39 Å². The van der Waals surface area contributed by atoms with Crippen molar-refractivity contribution in [2.75, 3.05) is 6.61 Å². The van der Waals surface area contributed by atoms with E-state index in [2.05, 4.69) is 4.98 Å². The van der Waals surface area contributed by atoms with Crippen LogP contribution in [0.2, 0.25) is 0 Å². The largest absolute Gasteiger partial charge is 0.396 e. The van der Waals surface area contributed by atoms with Crippen molar-refractivity contribution in [2.24, 2.45) is 0 Å². The highest BCUT2D eigenvalue weighted by Gasteiger charge is 1.93. The van der Waals surface area contributed by atoms with Crippen LogP contribution in [0.15, 0.2) is 18.3 Å². The second-order valence-corrected chi connectivity index (χ2v) is 1.94. The van der Waals surface area contributed by atoms with E-state index in [9.17, 15) is 4.39 Å². The highest BCUT2D eigenvalue weighted by Crippen LogP contribution is 1.98. The second-order valence-electron chi connectivity index (χ2n) is 1.94. The Labute approximate surface area is 58.3 Å². The number of hydrogen-bond donors (Lipinski definition) is 1. The maximum absolute atomic E-state index is 12.4. The van der Waals surface area contributed by atoms with Gasteiger partial charge in [-0.1, -0.05) is 0 Å². The minimum atomic E-state index is -0.307. The zero-order valence-corrected chi connectivity index (χ0v) is 5.42. The van der Waals surface area contributed by atoms with Gasteiger partial charge in [-0.3, -0.25) is 4.98 Å². The van der Waals surface area contributed by atoms with Crippen molar-refractivity contribution in [1.29, 1.82) is 0 Å². The minimum absolute atomic E-state index is 0.0104. The molecule has 1 aromatic rings. The van der Waals surface area contributed by atoms with E-state index in [0.717, 1.165) is 0 Å². The van der Waals surface area contributed by atoms with Crippen LogP contribution in [0, 0.1) is 5.82 Å². The summed E-state index contributed by atoms with van der Waals surface area (Å²) in [6, 6.07) is 2.59. The number of aromatic nitrogens is 1. The molecular weight excluding hydrogens is 133 g/mol. The number of halogens is 1. The molecule has 0 amide bonds. The first-order valence-corrected chi connectivity index (χ1v) is 3.04. The van der Waals surface area contributed by atoms with Crippen LogP contribution in [0.4, 0.5) is 4.39 Å². The summed E-state index contributed by atoms with van der Waals surface area (Å²) in [6.07, 6.45) is 1.80. The summed E-state index contributed by atoms with van der Waals surface area (Å²) in [5.41, 5.74) is 0.586. The topological polar surface area (TPSA) is 33.1 Å². The predicted octanol–water partition coefficient (Wildman–Crippen LogP) is 0.756. The summed E-state index contributed by atoms with van der Waals surface area (Å²) < 4.78 is 12.4. The Bertz CT molecular complexity index is 215. The van der Waals surface area contributed by atoms with Gasteiger partial charge in [0.1, 0.15) is 5.82 Å². The highest BCUT2D eigenvalue weighted by atomic mass is 19.1. The van der Waals surface area contributed by atoms with Crippen molar-refractivity contribution in [1.82, 2.24) is 4.98 Å². The third kappa shape index (κ3) is 1.77. The lowest BCUT2D eigenvalue weighted by Gasteiger charge is -1.94. The van der Waals surface area contributed by atoms with Crippen molar-refractivity contribution in [3.8, 4) is 0 Å². The molecule has 0 saturated carbocycles. The van der Waals surface area contributed by atoms with Crippen molar-refractivity contribution in [3.05, 3.63) is 29.8 Å². The average Bonchev–Trinajstić information content (AvgIpc) is 1.88. The summed E-state index contributed by atoms with van der Waals surface area (Å²) in [6.45, 7) is 0.0104. The molecule has 10 heavy (non-hydrogen) atoms. The van der Waals surface area contributed by atoms with Crippen molar-refractivity contribution in [2.45, 2.75) is 6.42 Å². The van der Waals surface area contributed by atoms with Gasteiger partial charge < -0.3 is 5.11 Å². The van der Waals surface area contributed by atoms with E-state index >= 15 is 0 Å². The maximum atomic E-state index is 12.4. The monoisotopic (exact) mass is 141 g/mol. The predicted molar refractivity (Wildman–Crippen MR) is 35.0 cm³/mol. The molecule has 1 rings (SSSR count). The lowest BCUT2D eigenvalue weighted by molar-refractivity contribution is 0.298. The molecule has 0 radical (unpaired) electrons. The molecule has 0 atom stereocenters. The molecule has 0 bridgehead atoms. The van der Waals surface area contributed by atoms with Gasteiger partial charge in [-0.05, 0) is 12.1 Å². The van der Waals surface area contributed by atoms with Crippen molar-refractivity contribution >= 4 is 0 Å². The molecule has 0 unspecified atom stereocenters. The van der Waals surface area contributed by atoms with E-state index in [4.69, 9.17) is 5.11 Å². The summed E-state index contributed by atoms with van der Waals surface area (Å²) in [7, 11) is 0. The molecular formula is C7H8FNO. The fraction of sp³-hybridized carbons (Fsp3) is 0.286. The lowest BCUT2D eigenvalue weighted by atomic mass is 10.3. The first-order valence-electron chi connectivity index (χ1n) is 3.04. The van der Waals surface area contributed by atoms with E-state index in [1.165, 1.54) is 18.3 Å². The van der Waals surface area contributed by atoms with E-state index in [1.807, 2.05) is 0 Å². The van der Waals surface area contributed by atoms with Gasteiger partial charge in [0.2, 0.25) is 0 Å². The molecule has 0 aliphatic heterocycles. The Hall–Kier alpha value is -0.960. The SMILES string of the molecule is OCCc1cc(F)ccn1. The van der Waals surface area contributed by atoms with Gasteiger partial charge in [0.05, 0.1) is 0 Å². The van der Waals surface area contributed by atoms with Crippen LogP contribution in [0.5, 0.6) is 0 Å². The number of rotatable bonds is 2. The standard InChI is InChI=1S/C7H8FNO/c8-6-1-3-9-7(5-6)2-4-10/h1,3,5,10H,2,4H2. The fourth-order valence-electron chi connectivity index (χ4n) is 0.700. The number of hydrogen-bond acceptors (Lipinski definition) is 2. The van der Waals surface area contributed by atoms with Gasteiger partial charge in [-0.15, -0.1) is 0 Å². The van der Waals surface area contributed by atoms with Gasteiger partial charge in [0.15, 0.2) is 0 Å². The number of aliphatic hydroxyl groups excluding tert-OH is 1. The van der Waals surface area contributed by atoms with Crippen LogP contribution in [-0.4, -0.2) is 16.7 Å². The summed E-state index contributed by atoms with van der Waals surface area (Å²) in [5.74, 6) is -0.307. The average molecular weight is 141 g/mol. The molecule has 0 fully saturated rings. The van der Waals surface area contributed by atoms with Crippen LogP contribution in [0.25, 0.3) is 0 Å². The molecule has 54 valence electrons. The molecule has 0 aliphatic rings. The Balaban J connectivity index is 2.75. The Morgan fingerprint density at radius 1 is 1.60 bits per heavy atom. The van der Waals surface area contributed by atoms with Gasteiger partial charge >= 0.3 is 0 Å². The Kier molecular flexibility index (Phi) is 2.34. The highest BCUT2D eigenvalue weighted by molar-refractivity contribution is 5.05. The van der Waals surface area contributed by atoms with E-state index in [1.54, 1.807) is 0 Å².